The molecule has 2 aliphatic rings. The number of hydrogen-bond donors (Lipinski definition) is 0. The van der Waals surface area contributed by atoms with Crippen molar-refractivity contribution in [2.75, 3.05) is 33.3 Å². The van der Waals surface area contributed by atoms with E-state index in [1.54, 1.807) is 18.4 Å². The van der Waals surface area contributed by atoms with Gasteiger partial charge in [0.2, 0.25) is 0 Å². The summed E-state index contributed by atoms with van der Waals surface area (Å²) in [6.45, 7) is 5.37. The maximum atomic E-state index is 13.4. The van der Waals surface area contributed by atoms with Crippen molar-refractivity contribution in [3.8, 4) is 5.75 Å². The summed E-state index contributed by atoms with van der Waals surface area (Å²) in [5.74, 6) is 0.963. The lowest BCUT2D eigenvalue weighted by molar-refractivity contribution is 0.0598. The first-order valence-electron chi connectivity index (χ1n) is 11.5. The second-order valence-electron chi connectivity index (χ2n) is 8.72. The predicted molar refractivity (Wildman–Crippen MR) is 130 cm³/mol. The third kappa shape index (κ3) is 3.84. The Kier molecular flexibility index (Phi) is 6.03. The highest BCUT2D eigenvalue weighted by molar-refractivity contribution is 7.14. The zero-order valence-corrected chi connectivity index (χ0v) is 19.7. The maximum absolute atomic E-state index is 13.4. The van der Waals surface area contributed by atoms with Crippen molar-refractivity contribution < 1.29 is 9.53 Å². The Labute approximate surface area is 194 Å². The molecule has 1 atom stereocenters. The van der Waals surface area contributed by atoms with E-state index in [9.17, 15) is 4.79 Å². The first-order valence-corrected chi connectivity index (χ1v) is 12.3. The van der Waals surface area contributed by atoms with Crippen molar-refractivity contribution in [3.05, 3.63) is 86.6 Å². The summed E-state index contributed by atoms with van der Waals surface area (Å²) in [5, 5.41) is 0. The van der Waals surface area contributed by atoms with Gasteiger partial charge in [-0.15, -0.1) is 11.3 Å². The summed E-state index contributed by atoms with van der Waals surface area (Å²) < 4.78 is 5.68. The van der Waals surface area contributed by atoms with Crippen molar-refractivity contribution in [2.24, 2.45) is 0 Å². The summed E-state index contributed by atoms with van der Waals surface area (Å²) in [7, 11) is 1.70. The van der Waals surface area contributed by atoms with Crippen LogP contribution in [0.4, 0.5) is 0 Å². The van der Waals surface area contributed by atoms with Crippen LogP contribution < -0.4 is 4.74 Å². The van der Waals surface area contributed by atoms with Crippen LogP contribution in [0, 0.1) is 6.92 Å². The SMILES string of the molecule is COc1c(C(=O)N2CCN(C(c3ccccc3)c3ccccc3C)CC2)sc2c1CCC2. The van der Waals surface area contributed by atoms with Gasteiger partial charge >= 0.3 is 0 Å². The van der Waals surface area contributed by atoms with Gasteiger partial charge in [0.1, 0.15) is 10.6 Å². The number of piperazine rings is 1. The molecular formula is C27H30N2O2S. The van der Waals surface area contributed by atoms with Gasteiger partial charge in [-0.25, -0.2) is 0 Å². The molecule has 1 aromatic heterocycles. The molecule has 166 valence electrons. The summed E-state index contributed by atoms with van der Waals surface area (Å²) in [5.41, 5.74) is 5.22. The number of thiophene rings is 1. The first-order chi connectivity index (χ1) is 15.7. The van der Waals surface area contributed by atoms with Crippen molar-refractivity contribution in [2.45, 2.75) is 32.2 Å². The summed E-state index contributed by atoms with van der Waals surface area (Å²) in [4.78, 5) is 20.1. The van der Waals surface area contributed by atoms with Crippen LogP contribution in [-0.2, 0) is 12.8 Å². The van der Waals surface area contributed by atoms with E-state index in [1.807, 2.05) is 4.90 Å². The predicted octanol–water partition coefficient (Wildman–Crippen LogP) is 5.10. The minimum atomic E-state index is 0.132. The van der Waals surface area contributed by atoms with E-state index in [-0.39, 0.29) is 11.9 Å². The molecule has 1 saturated heterocycles. The second kappa shape index (κ2) is 9.08. The van der Waals surface area contributed by atoms with Gasteiger partial charge in [0, 0.05) is 36.6 Å². The van der Waals surface area contributed by atoms with E-state index < -0.39 is 0 Å². The number of ether oxygens (including phenoxy) is 1. The van der Waals surface area contributed by atoms with Crippen molar-refractivity contribution in [3.63, 3.8) is 0 Å². The van der Waals surface area contributed by atoms with E-state index in [0.717, 1.165) is 49.6 Å². The molecule has 1 unspecified atom stereocenters. The Bertz CT molecular complexity index is 1100. The number of carbonyl (C=O) groups is 1. The van der Waals surface area contributed by atoms with E-state index in [1.165, 1.54) is 33.6 Å². The van der Waals surface area contributed by atoms with E-state index >= 15 is 0 Å². The Hall–Kier alpha value is -2.63. The zero-order chi connectivity index (χ0) is 22.1. The minimum absolute atomic E-state index is 0.132. The van der Waals surface area contributed by atoms with Gasteiger partial charge in [-0.05, 0) is 42.9 Å². The highest BCUT2D eigenvalue weighted by Gasteiger charge is 2.33. The Balaban J connectivity index is 1.36. The molecule has 4 nitrogen and oxygen atoms in total. The molecule has 5 rings (SSSR count). The van der Waals surface area contributed by atoms with E-state index in [2.05, 4.69) is 66.4 Å². The van der Waals surface area contributed by atoms with Gasteiger partial charge in [0.05, 0.1) is 13.2 Å². The van der Waals surface area contributed by atoms with Crippen LogP contribution in [0.5, 0.6) is 5.75 Å². The lowest BCUT2D eigenvalue weighted by Crippen LogP contribution is -2.49. The smallest absolute Gasteiger partial charge is 0.267 e. The van der Waals surface area contributed by atoms with Gasteiger partial charge in [0.25, 0.3) is 5.91 Å². The van der Waals surface area contributed by atoms with Crippen LogP contribution in [0.2, 0.25) is 0 Å². The number of aryl methyl sites for hydroxylation is 2. The monoisotopic (exact) mass is 446 g/mol. The van der Waals surface area contributed by atoms with Gasteiger partial charge < -0.3 is 9.64 Å². The Morgan fingerprint density at radius 3 is 2.41 bits per heavy atom. The third-order valence-electron chi connectivity index (χ3n) is 6.84. The Morgan fingerprint density at radius 1 is 0.969 bits per heavy atom. The fourth-order valence-corrected chi connectivity index (χ4v) is 6.50. The summed E-state index contributed by atoms with van der Waals surface area (Å²) in [6.07, 6.45) is 3.28. The van der Waals surface area contributed by atoms with Gasteiger partial charge in [0.15, 0.2) is 0 Å². The van der Waals surface area contributed by atoms with Gasteiger partial charge in [-0.2, -0.15) is 0 Å². The fraction of sp³-hybridized carbons (Fsp3) is 0.370. The van der Waals surface area contributed by atoms with Gasteiger partial charge in [-0.1, -0.05) is 54.6 Å². The van der Waals surface area contributed by atoms with Crippen LogP contribution in [0.15, 0.2) is 54.6 Å². The number of amides is 1. The van der Waals surface area contributed by atoms with Crippen LogP contribution in [0.1, 0.15) is 49.3 Å². The normalized spacial score (nSPS) is 17.2. The van der Waals surface area contributed by atoms with E-state index in [4.69, 9.17) is 4.74 Å². The largest absolute Gasteiger partial charge is 0.495 e. The molecule has 1 aliphatic carbocycles. The third-order valence-corrected chi connectivity index (χ3v) is 8.10. The highest BCUT2D eigenvalue weighted by Crippen LogP contribution is 2.41. The lowest BCUT2D eigenvalue weighted by Gasteiger charge is -2.40. The molecule has 3 aromatic rings. The van der Waals surface area contributed by atoms with Crippen molar-refractivity contribution in [1.82, 2.24) is 9.80 Å². The lowest BCUT2D eigenvalue weighted by atomic mass is 9.93. The molecular weight excluding hydrogens is 416 g/mol. The molecule has 5 heteroatoms. The Morgan fingerprint density at radius 2 is 1.69 bits per heavy atom. The molecule has 0 bridgehead atoms. The number of carbonyl (C=O) groups excluding carboxylic acids is 1. The molecule has 0 spiro atoms. The summed E-state index contributed by atoms with van der Waals surface area (Å²) >= 11 is 1.65. The molecule has 0 N–H and O–H groups in total. The number of fused-ring (bicyclic) bond motifs is 1. The number of nitrogens with zero attached hydrogens (tertiary/aromatic N) is 2. The second-order valence-corrected chi connectivity index (χ2v) is 9.82. The quantitative estimate of drug-likeness (QED) is 0.547. The van der Waals surface area contributed by atoms with Crippen LogP contribution in [0.3, 0.4) is 0 Å². The molecule has 2 heterocycles. The minimum Gasteiger partial charge on any atom is -0.495 e. The molecule has 2 aromatic carbocycles. The fourth-order valence-electron chi connectivity index (χ4n) is 5.17. The highest BCUT2D eigenvalue weighted by atomic mass is 32.1. The van der Waals surface area contributed by atoms with Crippen LogP contribution in [0.25, 0.3) is 0 Å². The molecule has 0 saturated carbocycles. The average molecular weight is 447 g/mol. The van der Waals surface area contributed by atoms with Gasteiger partial charge in [-0.3, -0.25) is 9.69 Å². The van der Waals surface area contributed by atoms with E-state index in [0.29, 0.717) is 0 Å². The molecule has 0 radical (unpaired) electrons. The maximum Gasteiger partial charge on any atom is 0.267 e. The van der Waals surface area contributed by atoms with Crippen LogP contribution in [-0.4, -0.2) is 49.0 Å². The average Bonchev–Trinajstić information content (AvgIpc) is 3.42. The molecule has 1 aliphatic heterocycles. The molecule has 32 heavy (non-hydrogen) atoms. The van der Waals surface area contributed by atoms with Crippen molar-refractivity contribution >= 4 is 17.2 Å². The molecule has 1 fully saturated rings. The molecule has 1 amide bonds. The van der Waals surface area contributed by atoms with Crippen LogP contribution >= 0.6 is 11.3 Å². The zero-order valence-electron chi connectivity index (χ0n) is 18.8. The number of benzene rings is 2. The number of rotatable bonds is 5. The van der Waals surface area contributed by atoms with Crippen molar-refractivity contribution in [1.29, 1.82) is 0 Å². The standard InChI is InChI=1S/C27H30N2O2S/c1-19-9-6-7-12-21(19)24(20-10-4-3-5-11-20)28-15-17-29(18-16-28)27(30)26-25(31-2)22-13-8-14-23(22)32-26/h3-7,9-12,24H,8,13-18H2,1-2H3. The number of methoxy groups -OCH3 is 1. The topological polar surface area (TPSA) is 32.8 Å². The number of hydrogen-bond acceptors (Lipinski definition) is 4. The first kappa shape index (κ1) is 21.2. The summed E-state index contributed by atoms with van der Waals surface area (Å²) in [6, 6.07) is 19.6.